The second-order valence-electron chi connectivity index (χ2n) is 8.66. The van der Waals surface area contributed by atoms with Gasteiger partial charge in [-0.25, -0.2) is 0 Å². The van der Waals surface area contributed by atoms with Gasteiger partial charge >= 0.3 is 0 Å². The van der Waals surface area contributed by atoms with Crippen molar-refractivity contribution in [2.45, 2.75) is 77.6 Å². The Balaban J connectivity index is 1.72. The summed E-state index contributed by atoms with van der Waals surface area (Å²) in [5.41, 5.74) is 2.86. The summed E-state index contributed by atoms with van der Waals surface area (Å²) in [6, 6.07) is 0. The molecule has 0 radical (unpaired) electrons. The molecular formula is C21H30. The molecule has 3 saturated carbocycles. The molecule has 21 heavy (non-hydrogen) atoms. The number of hydrogen-bond donors (Lipinski definition) is 0. The van der Waals surface area contributed by atoms with Crippen LogP contribution < -0.4 is 0 Å². The second kappa shape index (κ2) is 4.91. The molecule has 0 unspecified atom stereocenters. The van der Waals surface area contributed by atoms with Gasteiger partial charge in [0.15, 0.2) is 0 Å². The number of hydrogen-bond acceptors (Lipinski definition) is 0. The van der Waals surface area contributed by atoms with Crippen molar-refractivity contribution in [2.24, 2.45) is 28.6 Å². The smallest absolute Gasteiger partial charge is 0.0183 e. The lowest BCUT2D eigenvalue weighted by Gasteiger charge is -2.58. The topological polar surface area (TPSA) is 0 Å². The lowest BCUT2D eigenvalue weighted by Crippen LogP contribution is -2.49. The van der Waals surface area contributed by atoms with Crippen LogP contribution in [0.15, 0.2) is 11.6 Å². The van der Waals surface area contributed by atoms with E-state index in [1.54, 1.807) is 5.57 Å². The second-order valence-corrected chi connectivity index (χ2v) is 8.66. The molecule has 0 saturated heterocycles. The number of rotatable bonds is 1. The van der Waals surface area contributed by atoms with Crippen LogP contribution in [0.5, 0.6) is 0 Å². The molecular weight excluding hydrogens is 252 g/mol. The molecule has 0 N–H and O–H groups in total. The summed E-state index contributed by atoms with van der Waals surface area (Å²) >= 11 is 0. The van der Waals surface area contributed by atoms with Gasteiger partial charge in [0.2, 0.25) is 0 Å². The predicted molar refractivity (Wildman–Crippen MR) is 88.7 cm³/mol. The minimum Gasteiger partial charge on any atom is -0.120 e. The zero-order chi connectivity index (χ0) is 14.5. The zero-order valence-corrected chi connectivity index (χ0v) is 13.7. The van der Waals surface area contributed by atoms with E-state index in [1.807, 2.05) is 0 Å². The third-order valence-corrected chi connectivity index (χ3v) is 7.95. The minimum atomic E-state index is 0.417. The molecule has 114 valence electrons. The van der Waals surface area contributed by atoms with E-state index in [0.717, 1.165) is 24.2 Å². The highest BCUT2D eigenvalue weighted by atomic mass is 14.6. The fourth-order valence-electron chi connectivity index (χ4n) is 7.04. The molecule has 4 aliphatic carbocycles. The first kappa shape index (κ1) is 13.9. The average molecular weight is 282 g/mol. The molecule has 0 aromatic rings. The van der Waals surface area contributed by atoms with Gasteiger partial charge in [0.05, 0.1) is 0 Å². The molecule has 0 aliphatic heterocycles. The summed E-state index contributed by atoms with van der Waals surface area (Å²) in [4.78, 5) is 0. The van der Waals surface area contributed by atoms with Gasteiger partial charge in [0, 0.05) is 11.8 Å². The molecule has 0 aromatic carbocycles. The largest absolute Gasteiger partial charge is 0.120 e. The summed E-state index contributed by atoms with van der Waals surface area (Å²) in [5.74, 6) is 5.99. The van der Waals surface area contributed by atoms with E-state index in [2.05, 4.69) is 18.9 Å². The van der Waals surface area contributed by atoms with Crippen LogP contribution >= 0.6 is 0 Å². The van der Waals surface area contributed by atoms with Crippen LogP contribution in [0, 0.1) is 40.9 Å². The summed E-state index contributed by atoms with van der Waals surface area (Å²) < 4.78 is 0. The fraction of sp³-hybridized carbons (Fsp3) is 0.810. The van der Waals surface area contributed by atoms with Crippen molar-refractivity contribution in [3.63, 3.8) is 0 Å². The third-order valence-electron chi connectivity index (χ3n) is 7.95. The van der Waals surface area contributed by atoms with Gasteiger partial charge in [-0.05, 0) is 81.0 Å². The molecule has 3 fully saturated rings. The quantitative estimate of drug-likeness (QED) is 0.425. The zero-order valence-electron chi connectivity index (χ0n) is 13.7. The molecule has 0 bridgehead atoms. The lowest BCUT2D eigenvalue weighted by atomic mass is 9.46. The van der Waals surface area contributed by atoms with Gasteiger partial charge in [-0.15, -0.1) is 12.3 Å². The predicted octanol–water partition coefficient (Wildman–Crippen LogP) is 5.73. The third kappa shape index (κ3) is 1.89. The SMILES string of the molecule is C#CC[C@]12CCCC=C1CC[C@H]1[C@@H]3CCC[C@@]3(C)CC[C@@H]12. The number of allylic oxidation sites excluding steroid dienone is 2. The number of terminal acetylenes is 1. The van der Waals surface area contributed by atoms with Gasteiger partial charge in [-0.2, -0.15) is 0 Å². The van der Waals surface area contributed by atoms with Gasteiger partial charge in [-0.1, -0.05) is 25.0 Å². The van der Waals surface area contributed by atoms with Crippen molar-refractivity contribution >= 4 is 0 Å². The Bertz CT molecular complexity index is 493. The van der Waals surface area contributed by atoms with Crippen molar-refractivity contribution in [3.8, 4) is 12.3 Å². The van der Waals surface area contributed by atoms with E-state index < -0.39 is 0 Å². The minimum absolute atomic E-state index is 0.417. The highest BCUT2D eigenvalue weighted by Crippen LogP contribution is 2.66. The van der Waals surface area contributed by atoms with Crippen molar-refractivity contribution in [1.29, 1.82) is 0 Å². The van der Waals surface area contributed by atoms with E-state index in [0.29, 0.717) is 10.8 Å². The normalized spacial score (nSPS) is 48.6. The Morgan fingerprint density at radius 1 is 1.14 bits per heavy atom. The van der Waals surface area contributed by atoms with Crippen LogP contribution in [0.4, 0.5) is 0 Å². The van der Waals surface area contributed by atoms with Gasteiger partial charge < -0.3 is 0 Å². The van der Waals surface area contributed by atoms with E-state index in [1.165, 1.54) is 64.2 Å². The molecule has 0 heterocycles. The van der Waals surface area contributed by atoms with Gasteiger partial charge in [-0.3, -0.25) is 0 Å². The van der Waals surface area contributed by atoms with Crippen molar-refractivity contribution < 1.29 is 0 Å². The Labute approximate surface area is 130 Å². The monoisotopic (exact) mass is 282 g/mol. The summed E-state index contributed by atoms with van der Waals surface area (Å²) in [6.45, 7) is 2.60. The van der Waals surface area contributed by atoms with Crippen molar-refractivity contribution in [3.05, 3.63) is 11.6 Å². The molecule has 5 atom stereocenters. The summed E-state index contributed by atoms with van der Waals surface area (Å²) in [7, 11) is 0. The van der Waals surface area contributed by atoms with E-state index in [4.69, 9.17) is 6.42 Å². The van der Waals surface area contributed by atoms with Crippen LogP contribution in [-0.2, 0) is 0 Å². The maximum absolute atomic E-state index is 5.84. The number of fused-ring (bicyclic) bond motifs is 5. The molecule has 0 nitrogen and oxygen atoms in total. The van der Waals surface area contributed by atoms with Crippen molar-refractivity contribution in [2.75, 3.05) is 0 Å². The highest BCUT2D eigenvalue weighted by Gasteiger charge is 2.56. The summed E-state index contributed by atoms with van der Waals surface area (Å²) in [6.07, 6.45) is 23.7. The highest BCUT2D eigenvalue weighted by molar-refractivity contribution is 5.26. The van der Waals surface area contributed by atoms with Crippen LogP contribution in [0.25, 0.3) is 0 Å². The van der Waals surface area contributed by atoms with E-state index >= 15 is 0 Å². The first-order valence-electron chi connectivity index (χ1n) is 9.33. The van der Waals surface area contributed by atoms with Gasteiger partial charge in [0.25, 0.3) is 0 Å². The molecule has 4 aliphatic rings. The van der Waals surface area contributed by atoms with Crippen LogP contribution in [0.3, 0.4) is 0 Å². The van der Waals surface area contributed by atoms with E-state index in [9.17, 15) is 0 Å². The van der Waals surface area contributed by atoms with Crippen LogP contribution in [0.2, 0.25) is 0 Å². The van der Waals surface area contributed by atoms with Crippen molar-refractivity contribution in [1.82, 2.24) is 0 Å². The Kier molecular flexibility index (Phi) is 3.25. The van der Waals surface area contributed by atoms with E-state index in [-0.39, 0.29) is 0 Å². The average Bonchev–Trinajstić information content (AvgIpc) is 2.89. The Morgan fingerprint density at radius 3 is 2.90 bits per heavy atom. The Hall–Kier alpha value is -0.700. The Morgan fingerprint density at radius 2 is 2.05 bits per heavy atom. The fourth-order valence-corrected chi connectivity index (χ4v) is 7.04. The molecule has 0 amide bonds. The molecule has 4 rings (SSSR count). The lowest BCUT2D eigenvalue weighted by molar-refractivity contribution is -0.0414. The molecule has 0 spiro atoms. The van der Waals surface area contributed by atoms with Crippen LogP contribution in [0.1, 0.15) is 77.6 Å². The maximum Gasteiger partial charge on any atom is 0.0183 e. The molecule has 0 heteroatoms. The first-order valence-corrected chi connectivity index (χ1v) is 9.33. The standard InChI is InChI=1S/C21H30/c1-3-12-21-14-5-4-7-16(21)9-10-17-18-8-6-13-20(18,2)15-11-19(17)21/h1,7,17-19H,4-6,8-15H2,2H3/t17-,18-,19-,20-,21-/m0/s1. The first-order chi connectivity index (χ1) is 10.2. The summed E-state index contributed by atoms with van der Waals surface area (Å²) in [5, 5.41) is 0. The van der Waals surface area contributed by atoms with Crippen LogP contribution in [-0.4, -0.2) is 0 Å². The maximum atomic E-state index is 5.84. The van der Waals surface area contributed by atoms with Gasteiger partial charge in [0.1, 0.15) is 0 Å². The molecule has 0 aromatic heterocycles.